The number of hydrogen-bond donors (Lipinski definition) is 1. The minimum absolute atomic E-state index is 0.256. The van der Waals surface area contributed by atoms with Gasteiger partial charge in [0.05, 0.1) is 11.8 Å². The second-order valence-corrected chi connectivity index (χ2v) is 6.78. The topological polar surface area (TPSA) is 83.6 Å². The van der Waals surface area contributed by atoms with Crippen LogP contribution in [0.4, 0.5) is 19.0 Å². The molecule has 1 aliphatic rings. The number of hydrogen-bond acceptors (Lipinski definition) is 6. The molecular formula is C15H12F3N5O2S. The molecule has 0 saturated carbocycles. The molecule has 3 aromatic rings. The van der Waals surface area contributed by atoms with E-state index in [2.05, 4.69) is 15.3 Å². The van der Waals surface area contributed by atoms with E-state index >= 15 is 0 Å². The highest BCUT2D eigenvalue weighted by Crippen LogP contribution is 2.39. The van der Waals surface area contributed by atoms with Crippen molar-refractivity contribution in [3.63, 3.8) is 0 Å². The van der Waals surface area contributed by atoms with E-state index in [0.717, 1.165) is 5.56 Å². The predicted octanol–water partition coefficient (Wildman–Crippen LogP) is 2.55. The molecule has 0 aliphatic carbocycles. The lowest BCUT2D eigenvalue weighted by Gasteiger charge is -2.18. The second kappa shape index (κ2) is 5.94. The van der Waals surface area contributed by atoms with Gasteiger partial charge in [0.2, 0.25) is 0 Å². The van der Waals surface area contributed by atoms with Crippen LogP contribution in [0, 0.1) is 11.8 Å². The van der Waals surface area contributed by atoms with Crippen molar-refractivity contribution in [2.75, 3.05) is 18.0 Å². The summed E-state index contributed by atoms with van der Waals surface area (Å²) in [6.45, 7) is -0.706. The van der Waals surface area contributed by atoms with Crippen molar-refractivity contribution in [2.45, 2.75) is 6.18 Å². The van der Waals surface area contributed by atoms with Crippen molar-refractivity contribution >= 4 is 28.8 Å². The van der Waals surface area contributed by atoms with Gasteiger partial charge in [-0.15, -0.1) is 15.3 Å². The van der Waals surface area contributed by atoms with Gasteiger partial charge in [0.25, 0.3) is 0 Å². The lowest BCUT2D eigenvalue weighted by atomic mass is 9.96. The zero-order valence-corrected chi connectivity index (χ0v) is 13.9. The van der Waals surface area contributed by atoms with Crippen LogP contribution in [0.3, 0.4) is 0 Å². The Balaban J connectivity index is 1.71. The van der Waals surface area contributed by atoms with E-state index in [9.17, 15) is 18.0 Å². The SMILES string of the molecule is O=C(O)[C@@H]1CN(c2ccc3nnc(-c4ccsc4)n3n2)C[C@H]1C(F)(F)F. The van der Waals surface area contributed by atoms with Gasteiger partial charge in [-0.2, -0.15) is 29.0 Å². The van der Waals surface area contributed by atoms with E-state index in [-0.39, 0.29) is 12.4 Å². The number of aliphatic carboxylic acids is 1. The highest BCUT2D eigenvalue weighted by Gasteiger charge is 2.52. The van der Waals surface area contributed by atoms with Crippen molar-refractivity contribution in [1.82, 2.24) is 19.8 Å². The molecule has 0 amide bonds. The zero-order chi connectivity index (χ0) is 18.5. The minimum atomic E-state index is -4.58. The molecule has 0 bridgehead atoms. The molecule has 136 valence electrons. The summed E-state index contributed by atoms with van der Waals surface area (Å²) in [5.41, 5.74) is 1.25. The average Bonchev–Trinajstić information content (AvgIpc) is 3.31. The standard InChI is InChI=1S/C15H12F3N5O2S/c16-15(17,18)10-6-22(5-9(10)14(24)25)12-2-1-11-19-20-13(23(11)21-12)8-3-4-26-7-8/h1-4,7,9-10H,5-6H2,(H,24,25)/t9-,10-/m1/s1. The van der Waals surface area contributed by atoms with Gasteiger partial charge in [-0.05, 0) is 23.6 Å². The van der Waals surface area contributed by atoms with Gasteiger partial charge in [0, 0.05) is 24.0 Å². The van der Waals surface area contributed by atoms with Gasteiger partial charge in [-0.1, -0.05) is 0 Å². The number of nitrogens with zero attached hydrogens (tertiary/aromatic N) is 5. The van der Waals surface area contributed by atoms with Crippen molar-refractivity contribution < 1.29 is 23.1 Å². The lowest BCUT2D eigenvalue weighted by Crippen LogP contribution is -2.33. The van der Waals surface area contributed by atoms with Crippen LogP contribution in [-0.2, 0) is 4.79 Å². The van der Waals surface area contributed by atoms with Crippen molar-refractivity contribution in [2.24, 2.45) is 11.8 Å². The molecule has 3 aromatic heterocycles. The Kier molecular flexibility index (Phi) is 3.83. The number of aromatic nitrogens is 4. The van der Waals surface area contributed by atoms with E-state index in [1.54, 1.807) is 6.07 Å². The first-order valence-corrected chi connectivity index (χ1v) is 8.58. The Labute approximate surface area is 148 Å². The van der Waals surface area contributed by atoms with Crippen molar-refractivity contribution in [3.8, 4) is 11.4 Å². The van der Waals surface area contributed by atoms with Gasteiger partial charge < -0.3 is 10.0 Å². The van der Waals surface area contributed by atoms with E-state index < -0.39 is 30.5 Å². The third-order valence-electron chi connectivity index (χ3n) is 4.41. The summed E-state index contributed by atoms with van der Waals surface area (Å²) in [7, 11) is 0. The molecule has 4 rings (SSSR count). The summed E-state index contributed by atoms with van der Waals surface area (Å²) in [6, 6.07) is 4.96. The van der Waals surface area contributed by atoms with Crippen LogP contribution in [0.5, 0.6) is 0 Å². The number of thiophene rings is 1. The molecule has 7 nitrogen and oxygen atoms in total. The van der Waals surface area contributed by atoms with Crippen LogP contribution in [0.1, 0.15) is 0 Å². The van der Waals surface area contributed by atoms with Crippen LogP contribution >= 0.6 is 11.3 Å². The van der Waals surface area contributed by atoms with Crippen LogP contribution in [-0.4, -0.2) is 50.2 Å². The van der Waals surface area contributed by atoms with E-state index in [1.165, 1.54) is 26.8 Å². The Bertz CT molecular complexity index is 956. The summed E-state index contributed by atoms with van der Waals surface area (Å²) in [5, 5.41) is 25.3. The maximum absolute atomic E-state index is 13.2. The van der Waals surface area contributed by atoms with Gasteiger partial charge in [-0.3, -0.25) is 4.79 Å². The molecule has 0 spiro atoms. The largest absolute Gasteiger partial charge is 0.481 e. The molecule has 1 aliphatic heterocycles. The van der Waals surface area contributed by atoms with Gasteiger partial charge in [-0.25, -0.2) is 0 Å². The highest BCUT2D eigenvalue weighted by molar-refractivity contribution is 7.08. The van der Waals surface area contributed by atoms with Gasteiger partial charge >= 0.3 is 12.1 Å². The third kappa shape index (κ3) is 2.77. The number of anilines is 1. The maximum atomic E-state index is 13.2. The molecule has 2 atom stereocenters. The molecule has 0 radical (unpaired) electrons. The van der Waals surface area contributed by atoms with E-state index in [0.29, 0.717) is 11.5 Å². The minimum Gasteiger partial charge on any atom is -0.481 e. The fourth-order valence-electron chi connectivity index (χ4n) is 3.09. The summed E-state index contributed by atoms with van der Waals surface area (Å²) in [6.07, 6.45) is -4.58. The lowest BCUT2D eigenvalue weighted by molar-refractivity contribution is -0.187. The Morgan fingerprint density at radius 2 is 2.04 bits per heavy atom. The number of fused-ring (bicyclic) bond motifs is 1. The van der Waals surface area contributed by atoms with Gasteiger partial charge in [0.15, 0.2) is 11.5 Å². The number of halogens is 3. The van der Waals surface area contributed by atoms with Crippen LogP contribution in [0.25, 0.3) is 17.0 Å². The van der Waals surface area contributed by atoms with Crippen molar-refractivity contribution in [1.29, 1.82) is 0 Å². The Morgan fingerprint density at radius 1 is 1.23 bits per heavy atom. The molecular weight excluding hydrogens is 371 g/mol. The smallest absolute Gasteiger partial charge is 0.394 e. The number of carbonyl (C=O) groups is 1. The number of rotatable bonds is 3. The average molecular weight is 383 g/mol. The monoisotopic (exact) mass is 383 g/mol. The van der Waals surface area contributed by atoms with Gasteiger partial charge in [0.1, 0.15) is 5.82 Å². The zero-order valence-electron chi connectivity index (χ0n) is 13.1. The molecule has 1 saturated heterocycles. The van der Waals surface area contributed by atoms with E-state index in [1.807, 2.05) is 16.8 Å². The van der Waals surface area contributed by atoms with Crippen LogP contribution < -0.4 is 4.90 Å². The summed E-state index contributed by atoms with van der Waals surface area (Å²) in [4.78, 5) is 12.6. The molecule has 1 fully saturated rings. The molecule has 1 N–H and O–H groups in total. The first-order chi connectivity index (χ1) is 12.3. The first-order valence-electron chi connectivity index (χ1n) is 7.64. The summed E-state index contributed by atoms with van der Waals surface area (Å²) in [5.74, 6) is -4.19. The first kappa shape index (κ1) is 16.8. The normalized spacial score (nSPS) is 20.8. The molecule has 0 unspecified atom stereocenters. The number of carboxylic acids is 1. The summed E-state index contributed by atoms with van der Waals surface area (Å²) >= 11 is 1.47. The predicted molar refractivity (Wildman–Crippen MR) is 87.0 cm³/mol. The third-order valence-corrected chi connectivity index (χ3v) is 5.09. The Morgan fingerprint density at radius 3 is 2.65 bits per heavy atom. The highest BCUT2D eigenvalue weighted by atomic mass is 32.1. The van der Waals surface area contributed by atoms with Crippen LogP contribution in [0.15, 0.2) is 29.0 Å². The Hall–Kier alpha value is -2.69. The molecule has 4 heterocycles. The molecule has 0 aromatic carbocycles. The summed E-state index contributed by atoms with van der Waals surface area (Å²) < 4.78 is 41.0. The number of carboxylic acid groups (broad SMARTS) is 1. The number of alkyl halides is 3. The van der Waals surface area contributed by atoms with E-state index in [4.69, 9.17) is 5.11 Å². The van der Waals surface area contributed by atoms with Crippen molar-refractivity contribution in [3.05, 3.63) is 29.0 Å². The molecule has 11 heteroatoms. The fourth-order valence-corrected chi connectivity index (χ4v) is 3.73. The second-order valence-electron chi connectivity index (χ2n) is 5.99. The fraction of sp³-hybridized carbons (Fsp3) is 0.333. The van der Waals surface area contributed by atoms with Crippen LogP contribution in [0.2, 0.25) is 0 Å². The maximum Gasteiger partial charge on any atom is 0.394 e. The quantitative estimate of drug-likeness (QED) is 0.748. The molecule has 26 heavy (non-hydrogen) atoms.